The summed E-state index contributed by atoms with van der Waals surface area (Å²) in [5.41, 5.74) is 9.49. The SMILES string of the molecule is CC1(C)c2cc(C#N)ccc2N(c2ccc3ccc4c5c(ccc2c35)CCC=4N(C2=CC=CCC2)C2=CC=CCN2)C1c1ccccc1. The molecule has 4 heteroatoms. The molecule has 4 aliphatic rings. The van der Waals surface area contributed by atoms with E-state index in [9.17, 15) is 5.26 Å². The van der Waals surface area contributed by atoms with Crippen molar-refractivity contribution in [1.29, 1.82) is 5.26 Å². The molecular weight excluding hydrogens is 585 g/mol. The van der Waals surface area contributed by atoms with Gasteiger partial charge < -0.3 is 15.1 Å². The van der Waals surface area contributed by atoms with Gasteiger partial charge in [0.25, 0.3) is 0 Å². The maximum absolute atomic E-state index is 9.85. The minimum Gasteiger partial charge on any atom is -0.368 e. The molecule has 0 amide bonds. The Kier molecular flexibility index (Phi) is 6.59. The van der Waals surface area contributed by atoms with Crippen molar-refractivity contribution < 1.29 is 0 Å². The number of benzene rings is 5. The third-order valence-corrected chi connectivity index (χ3v) is 10.9. The zero-order chi connectivity index (χ0) is 32.4. The van der Waals surface area contributed by atoms with Crippen molar-refractivity contribution in [2.45, 2.75) is 51.0 Å². The van der Waals surface area contributed by atoms with E-state index in [2.05, 4.69) is 150 Å². The van der Waals surface area contributed by atoms with Crippen molar-refractivity contribution in [2.24, 2.45) is 0 Å². The Hall–Kier alpha value is -5.53. The molecule has 5 aromatic carbocycles. The largest absolute Gasteiger partial charge is 0.368 e. The summed E-state index contributed by atoms with van der Waals surface area (Å²) in [5, 5.41) is 20.1. The Bertz CT molecular complexity index is 2320. The van der Waals surface area contributed by atoms with E-state index in [4.69, 9.17) is 0 Å². The van der Waals surface area contributed by atoms with Gasteiger partial charge in [0.05, 0.1) is 17.7 Å². The third kappa shape index (κ3) is 4.27. The summed E-state index contributed by atoms with van der Waals surface area (Å²) in [6.45, 7) is 5.49. The van der Waals surface area contributed by atoms with Crippen molar-refractivity contribution in [3.63, 3.8) is 0 Å². The first-order chi connectivity index (χ1) is 23.5. The van der Waals surface area contributed by atoms with Gasteiger partial charge in [0.1, 0.15) is 5.82 Å². The van der Waals surface area contributed by atoms with Crippen molar-refractivity contribution in [3.05, 3.63) is 160 Å². The molecule has 9 rings (SSSR count). The van der Waals surface area contributed by atoms with Crippen LogP contribution in [0, 0.1) is 11.3 Å². The Labute approximate surface area is 282 Å². The number of nitriles is 1. The predicted octanol–water partition coefficient (Wildman–Crippen LogP) is 9.35. The average molecular weight is 623 g/mol. The van der Waals surface area contributed by atoms with E-state index in [1.54, 1.807) is 0 Å². The molecule has 0 saturated carbocycles. The number of dihydropyridines is 1. The van der Waals surface area contributed by atoms with Gasteiger partial charge in [-0.05, 0) is 94.9 Å². The van der Waals surface area contributed by atoms with E-state index in [1.165, 1.54) is 66.2 Å². The molecule has 0 radical (unpaired) electrons. The summed E-state index contributed by atoms with van der Waals surface area (Å²) in [7, 11) is 0. The van der Waals surface area contributed by atoms with E-state index in [0.717, 1.165) is 38.0 Å². The maximum atomic E-state index is 9.85. The normalized spacial score (nSPS) is 19.1. The highest BCUT2D eigenvalue weighted by molar-refractivity contribution is 6.17. The van der Waals surface area contributed by atoms with Crippen LogP contribution in [0.4, 0.5) is 11.4 Å². The minimum absolute atomic E-state index is 0.0657. The molecule has 4 nitrogen and oxygen atoms in total. The quantitative estimate of drug-likeness (QED) is 0.212. The van der Waals surface area contributed by atoms with Crippen LogP contribution in [0.15, 0.2) is 133 Å². The van der Waals surface area contributed by atoms with Crippen LogP contribution < -0.4 is 15.4 Å². The number of hydrogen-bond donors (Lipinski definition) is 1. The van der Waals surface area contributed by atoms with Gasteiger partial charge >= 0.3 is 0 Å². The monoisotopic (exact) mass is 622 g/mol. The molecule has 234 valence electrons. The average Bonchev–Trinajstić information content (AvgIpc) is 3.37. The molecule has 0 aromatic heterocycles. The molecule has 0 saturated heterocycles. The summed E-state index contributed by atoms with van der Waals surface area (Å²) in [4.78, 5) is 5.07. The molecule has 1 N–H and O–H groups in total. The lowest BCUT2D eigenvalue weighted by molar-refractivity contribution is 0.449. The number of allylic oxidation sites excluding steroid dienone is 6. The van der Waals surface area contributed by atoms with Crippen LogP contribution in [-0.4, -0.2) is 11.4 Å². The van der Waals surface area contributed by atoms with Crippen LogP contribution in [0.5, 0.6) is 0 Å². The minimum atomic E-state index is -0.226. The van der Waals surface area contributed by atoms with Gasteiger partial charge in [-0.25, -0.2) is 0 Å². The summed E-state index contributed by atoms with van der Waals surface area (Å²) in [6.07, 6.45) is 17.4. The fourth-order valence-corrected chi connectivity index (χ4v) is 8.75. The second-order valence-electron chi connectivity index (χ2n) is 14.0. The molecule has 1 unspecified atom stereocenters. The number of fused-ring (bicyclic) bond motifs is 1. The second kappa shape index (κ2) is 11.0. The van der Waals surface area contributed by atoms with Crippen molar-refractivity contribution >= 4 is 38.6 Å². The molecule has 0 bridgehead atoms. The Morgan fingerprint density at radius 2 is 1.67 bits per heavy atom. The number of nitrogens with zero attached hydrogens (tertiary/aromatic N) is 3. The van der Waals surface area contributed by atoms with Crippen molar-refractivity contribution in [1.82, 2.24) is 10.2 Å². The Morgan fingerprint density at radius 3 is 2.46 bits per heavy atom. The molecule has 2 heterocycles. The molecule has 2 aliphatic carbocycles. The van der Waals surface area contributed by atoms with E-state index >= 15 is 0 Å². The van der Waals surface area contributed by atoms with E-state index in [-0.39, 0.29) is 11.5 Å². The van der Waals surface area contributed by atoms with Gasteiger partial charge in [-0.1, -0.05) is 98.8 Å². The van der Waals surface area contributed by atoms with E-state index < -0.39 is 0 Å². The van der Waals surface area contributed by atoms with Crippen LogP contribution >= 0.6 is 0 Å². The topological polar surface area (TPSA) is 42.3 Å². The summed E-state index contributed by atoms with van der Waals surface area (Å²) in [6, 6.07) is 33.7. The highest BCUT2D eigenvalue weighted by Gasteiger charge is 2.46. The first-order valence-corrected chi connectivity index (χ1v) is 17.2. The number of aryl methyl sites for hydroxylation is 1. The van der Waals surface area contributed by atoms with Crippen LogP contribution in [-0.2, 0) is 11.8 Å². The number of anilines is 2. The number of hydrogen-bond acceptors (Lipinski definition) is 4. The maximum Gasteiger partial charge on any atom is 0.110 e. The molecule has 48 heavy (non-hydrogen) atoms. The fourth-order valence-electron chi connectivity index (χ4n) is 8.75. The van der Waals surface area contributed by atoms with Gasteiger partial charge in [0, 0.05) is 45.3 Å². The zero-order valence-electron chi connectivity index (χ0n) is 27.5. The van der Waals surface area contributed by atoms with Crippen LogP contribution in [0.25, 0.3) is 27.2 Å². The highest BCUT2D eigenvalue weighted by atomic mass is 15.3. The summed E-state index contributed by atoms with van der Waals surface area (Å²) in [5.74, 6) is 1.16. The molecule has 0 fully saturated rings. The first-order valence-electron chi connectivity index (χ1n) is 17.2. The lowest BCUT2D eigenvalue weighted by Crippen LogP contribution is -2.36. The van der Waals surface area contributed by atoms with Crippen LogP contribution in [0.3, 0.4) is 0 Å². The smallest absolute Gasteiger partial charge is 0.110 e. The molecule has 1 atom stereocenters. The van der Waals surface area contributed by atoms with Crippen LogP contribution in [0.2, 0.25) is 0 Å². The molecule has 0 spiro atoms. The van der Waals surface area contributed by atoms with E-state index in [0.29, 0.717) is 5.56 Å². The van der Waals surface area contributed by atoms with Gasteiger partial charge in [-0.2, -0.15) is 5.26 Å². The highest BCUT2D eigenvalue weighted by Crippen LogP contribution is 2.57. The van der Waals surface area contributed by atoms with Crippen LogP contribution in [0.1, 0.15) is 61.4 Å². The van der Waals surface area contributed by atoms with Crippen molar-refractivity contribution in [2.75, 3.05) is 11.4 Å². The first kappa shape index (κ1) is 28.7. The molecule has 2 aliphatic heterocycles. The third-order valence-electron chi connectivity index (χ3n) is 10.9. The molecular formula is C44H38N4. The zero-order valence-corrected chi connectivity index (χ0v) is 27.5. The Morgan fingerprint density at radius 1 is 0.833 bits per heavy atom. The predicted molar refractivity (Wildman–Crippen MR) is 197 cm³/mol. The van der Waals surface area contributed by atoms with Crippen molar-refractivity contribution in [3.8, 4) is 6.07 Å². The number of rotatable bonds is 5. The summed E-state index contributed by atoms with van der Waals surface area (Å²) < 4.78 is 0. The lowest BCUT2D eigenvalue weighted by Gasteiger charge is -2.37. The van der Waals surface area contributed by atoms with Gasteiger partial charge in [-0.15, -0.1) is 0 Å². The standard InChI is InChI=1S/C44H38N4/c1-44(2)36-27-29(28-45)16-23-39(36)48(43(44)32-11-5-3-6-12-32)38-25-20-31-17-21-34-37(24-19-30-18-22-35(38)42(31)41(30)34)47(33-13-7-4-8-14-33)40-15-9-10-26-46-40/h3-7,9-13,15-18,20-23,25,27,43,46H,8,14,19,24,26H2,1-2H3. The molecule has 5 aromatic rings. The lowest BCUT2D eigenvalue weighted by atomic mass is 9.77. The van der Waals surface area contributed by atoms with E-state index in [1.807, 2.05) is 6.07 Å². The van der Waals surface area contributed by atoms with Gasteiger partial charge in [-0.3, -0.25) is 0 Å². The summed E-state index contributed by atoms with van der Waals surface area (Å²) >= 11 is 0. The van der Waals surface area contributed by atoms with Gasteiger partial charge in [0.15, 0.2) is 0 Å². The Balaban J connectivity index is 1.32. The number of nitrogens with one attached hydrogen (secondary N) is 1. The second-order valence-corrected chi connectivity index (χ2v) is 14.0. The van der Waals surface area contributed by atoms with Gasteiger partial charge in [0.2, 0.25) is 0 Å². The fraction of sp³-hybridized carbons (Fsp3) is 0.205.